The number of carbonyl (C=O) groups is 4. The Hall–Kier alpha value is -4.46. The van der Waals surface area contributed by atoms with E-state index >= 15 is 0 Å². The summed E-state index contributed by atoms with van der Waals surface area (Å²) in [5.74, 6) is -4.01. The molecule has 1 heterocycles. The average molecular weight is 639 g/mol. The second-order valence-electron chi connectivity index (χ2n) is 12.0. The molecule has 4 amide bonds. The summed E-state index contributed by atoms with van der Waals surface area (Å²) in [5.41, 5.74) is 6.15. The van der Waals surface area contributed by atoms with Crippen LogP contribution >= 0.6 is 23.2 Å². The molecular weight excluding hydrogens is 609 g/mol. The Bertz CT molecular complexity index is 1830. The van der Waals surface area contributed by atoms with Crippen molar-refractivity contribution in [3.63, 3.8) is 0 Å². The number of amides is 4. The molecule has 1 aliphatic heterocycles. The zero-order chi connectivity index (χ0) is 31.8. The molecule has 4 aromatic carbocycles. The first-order valence-corrected chi connectivity index (χ1v) is 15.5. The highest BCUT2D eigenvalue weighted by Crippen LogP contribution is 2.69. The molecular formula is C36H29Cl2N3O4. The maximum atomic E-state index is 14.2. The van der Waals surface area contributed by atoms with Gasteiger partial charge in [-0.05, 0) is 72.9 Å². The summed E-state index contributed by atoms with van der Waals surface area (Å²) < 4.78 is 0. The number of benzene rings is 4. The molecule has 4 aliphatic rings. The number of alkyl halides is 2. The number of carbonyl (C=O) groups excluding carboxylic acids is 4. The maximum Gasteiger partial charge on any atom is 0.255 e. The fourth-order valence-corrected chi connectivity index (χ4v) is 8.42. The first-order chi connectivity index (χ1) is 21.5. The molecule has 0 saturated carbocycles. The highest BCUT2D eigenvalue weighted by atomic mass is 35.5. The third-order valence-corrected chi connectivity index (χ3v) is 10.7. The van der Waals surface area contributed by atoms with Crippen molar-refractivity contribution in [3.8, 4) is 0 Å². The minimum absolute atomic E-state index is 0.333. The van der Waals surface area contributed by atoms with E-state index < -0.39 is 45.3 Å². The number of hydrogen-bond donors (Lipinski definition) is 2. The Morgan fingerprint density at radius 3 is 1.78 bits per heavy atom. The van der Waals surface area contributed by atoms with Crippen molar-refractivity contribution in [3.05, 3.63) is 130 Å². The lowest BCUT2D eigenvalue weighted by molar-refractivity contribution is -0.146. The molecule has 0 spiro atoms. The molecule has 3 atom stereocenters. The van der Waals surface area contributed by atoms with Crippen LogP contribution in [0.4, 0.5) is 11.4 Å². The van der Waals surface area contributed by atoms with E-state index in [0.717, 1.165) is 16.0 Å². The zero-order valence-corrected chi connectivity index (χ0v) is 26.2. The SMILES string of the molecule is Cc1ccc(NC(=O)c2cccc(NC(=O)[C@H](C)N3C(=O)[C@H]4[C@H](C3=O)C3(Cl)c5ccccc5C4(Cl)c4ccccc43)c2)c(C)c1. The summed E-state index contributed by atoms with van der Waals surface area (Å²) in [7, 11) is 0. The molecule has 9 heteroatoms. The van der Waals surface area contributed by atoms with Gasteiger partial charge in [0.25, 0.3) is 5.91 Å². The van der Waals surface area contributed by atoms with Gasteiger partial charge in [-0.25, -0.2) is 0 Å². The molecule has 3 aliphatic carbocycles. The van der Waals surface area contributed by atoms with Crippen LogP contribution in [-0.4, -0.2) is 34.6 Å². The van der Waals surface area contributed by atoms with Gasteiger partial charge in [-0.15, -0.1) is 23.2 Å². The van der Waals surface area contributed by atoms with Crippen LogP contribution in [-0.2, 0) is 24.1 Å². The fraction of sp³-hybridized carbons (Fsp3) is 0.222. The lowest BCUT2D eigenvalue weighted by atomic mass is 9.54. The second-order valence-corrected chi connectivity index (χ2v) is 13.2. The first-order valence-electron chi connectivity index (χ1n) is 14.7. The van der Waals surface area contributed by atoms with Crippen LogP contribution < -0.4 is 10.6 Å². The van der Waals surface area contributed by atoms with Crippen molar-refractivity contribution in [2.75, 3.05) is 10.6 Å². The number of imide groups is 1. The highest BCUT2D eigenvalue weighted by Gasteiger charge is 2.73. The number of hydrogen-bond acceptors (Lipinski definition) is 4. The van der Waals surface area contributed by atoms with E-state index in [-0.39, 0.29) is 5.91 Å². The predicted octanol–water partition coefficient (Wildman–Crippen LogP) is 6.48. The number of halogens is 2. The molecule has 8 rings (SSSR count). The molecule has 2 N–H and O–H groups in total. The van der Waals surface area contributed by atoms with E-state index in [4.69, 9.17) is 23.2 Å². The standard InChI is InChI=1S/C36H29Cl2N3O4/c1-19-15-16-28(20(2)17-19)40-32(43)22-9-8-10-23(18-22)39-31(42)21(3)41-33(44)29-30(34(41)45)36(38)25-12-5-4-11-24(25)35(29,37)26-13-6-7-14-27(26)36/h4-18,21,29-30H,1-3H3,(H,39,42)(H,40,43)/t21-,29+,30+,35?,36?/m0/s1. The Morgan fingerprint density at radius 1 is 0.733 bits per heavy atom. The van der Waals surface area contributed by atoms with Crippen LogP contribution in [0.2, 0.25) is 0 Å². The van der Waals surface area contributed by atoms with Crippen molar-refractivity contribution >= 4 is 58.2 Å². The monoisotopic (exact) mass is 637 g/mol. The fourth-order valence-electron chi connectivity index (χ4n) is 7.32. The number of nitrogens with one attached hydrogen (secondary N) is 2. The molecule has 45 heavy (non-hydrogen) atoms. The number of likely N-dealkylation sites (tertiary alicyclic amines) is 1. The van der Waals surface area contributed by atoms with Crippen LogP contribution in [0.15, 0.2) is 91.0 Å². The summed E-state index contributed by atoms with van der Waals surface area (Å²) in [4.78, 5) is 53.4. The number of aryl methyl sites for hydroxylation is 2. The normalized spacial score (nSPS) is 24.9. The minimum atomic E-state index is -1.33. The summed E-state index contributed by atoms with van der Waals surface area (Å²) in [6.07, 6.45) is 0. The third kappa shape index (κ3) is 4.10. The van der Waals surface area contributed by atoms with Crippen LogP contribution in [0.3, 0.4) is 0 Å². The van der Waals surface area contributed by atoms with Crippen molar-refractivity contribution < 1.29 is 19.2 Å². The van der Waals surface area contributed by atoms with Crippen molar-refractivity contribution in [2.24, 2.45) is 11.8 Å². The van der Waals surface area contributed by atoms with E-state index in [2.05, 4.69) is 10.6 Å². The summed E-state index contributed by atoms with van der Waals surface area (Å²) >= 11 is 15.0. The Balaban J connectivity index is 1.16. The molecule has 2 bridgehead atoms. The number of nitrogens with zero attached hydrogens (tertiary/aromatic N) is 1. The largest absolute Gasteiger partial charge is 0.324 e. The van der Waals surface area contributed by atoms with E-state index in [9.17, 15) is 19.2 Å². The van der Waals surface area contributed by atoms with Crippen LogP contribution in [0.25, 0.3) is 0 Å². The van der Waals surface area contributed by atoms with Gasteiger partial charge in [0.15, 0.2) is 0 Å². The van der Waals surface area contributed by atoms with Crippen molar-refractivity contribution in [2.45, 2.75) is 36.6 Å². The lowest BCUT2D eigenvalue weighted by Crippen LogP contribution is -2.57. The molecule has 0 unspecified atom stereocenters. The first kappa shape index (κ1) is 29.3. The van der Waals surface area contributed by atoms with Gasteiger partial charge in [-0.3, -0.25) is 24.1 Å². The Morgan fingerprint density at radius 2 is 1.27 bits per heavy atom. The smallest absolute Gasteiger partial charge is 0.255 e. The van der Waals surface area contributed by atoms with Gasteiger partial charge >= 0.3 is 0 Å². The topological polar surface area (TPSA) is 95.6 Å². The van der Waals surface area contributed by atoms with Crippen molar-refractivity contribution in [1.82, 2.24) is 4.90 Å². The van der Waals surface area contributed by atoms with Gasteiger partial charge in [0.05, 0.1) is 11.8 Å². The second kappa shape index (κ2) is 10.3. The highest BCUT2D eigenvalue weighted by molar-refractivity contribution is 6.36. The van der Waals surface area contributed by atoms with Gasteiger partial charge in [-0.1, -0.05) is 72.3 Å². The van der Waals surface area contributed by atoms with E-state index in [1.165, 1.54) is 6.92 Å². The van der Waals surface area contributed by atoms with Crippen LogP contribution in [0, 0.1) is 25.7 Å². The van der Waals surface area contributed by atoms with Gasteiger partial charge in [0.2, 0.25) is 17.7 Å². The van der Waals surface area contributed by atoms with Gasteiger partial charge in [0.1, 0.15) is 15.8 Å². The summed E-state index contributed by atoms with van der Waals surface area (Å²) in [6.45, 7) is 5.40. The average Bonchev–Trinajstić information content (AvgIpc) is 3.31. The molecule has 226 valence electrons. The van der Waals surface area contributed by atoms with Crippen molar-refractivity contribution in [1.29, 1.82) is 0 Å². The minimum Gasteiger partial charge on any atom is -0.324 e. The molecule has 0 aromatic heterocycles. The van der Waals surface area contributed by atoms with E-state index in [1.807, 2.05) is 80.6 Å². The molecule has 1 fully saturated rings. The quantitative estimate of drug-likeness (QED) is 0.193. The number of anilines is 2. The molecule has 4 aromatic rings. The summed E-state index contributed by atoms with van der Waals surface area (Å²) in [6, 6.07) is 25.8. The summed E-state index contributed by atoms with van der Waals surface area (Å²) in [5, 5.41) is 5.68. The Labute approximate surface area is 270 Å². The zero-order valence-electron chi connectivity index (χ0n) is 24.7. The van der Waals surface area contributed by atoms with Gasteiger partial charge in [-0.2, -0.15) is 0 Å². The molecule has 1 saturated heterocycles. The van der Waals surface area contributed by atoms with Gasteiger partial charge < -0.3 is 10.6 Å². The van der Waals surface area contributed by atoms with E-state index in [1.54, 1.807) is 24.3 Å². The van der Waals surface area contributed by atoms with Crippen LogP contribution in [0.1, 0.15) is 50.7 Å². The maximum absolute atomic E-state index is 14.2. The predicted molar refractivity (Wildman–Crippen MR) is 173 cm³/mol. The molecule has 0 radical (unpaired) electrons. The van der Waals surface area contributed by atoms with Gasteiger partial charge in [0, 0.05) is 16.9 Å². The lowest BCUT2D eigenvalue weighted by Gasteiger charge is -2.54. The molecule has 7 nitrogen and oxygen atoms in total. The Kier molecular flexibility index (Phi) is 6.69. The van der Waals surface area contributed by atoms with E-state index in [0.29, 0.717) is 39.2 Å². The third-order valence-electron chi connectivity index (χ3n) is 9.41. The number of rotatable bonds is 5. The van der Waals surface area contributed by atoms with Crippen LogP contribution in [0.5, 0.6) is 0 Å².